The van der Waals surface area contributed by atoms with Crippen molar-refractivity contribution in [3.8, 4) is 11.5 Å². The smallest absolute Gasteiger partial charge is 0.278 e. The SMILES string of the molecule is CCc1ccc(OCC(=O)N(c2ccc(OC)cc2)S(=O)(=O)c2ccc(Cl)cc2)c(Br)c1. The minimum absolute atomic E-state index is 0.0699. The molecule has 0 aromatic heterocycles. The number of anilines is 1. The van der Waals surface area contributed by atoms with E-state index >= 15 is 0 Å². The van der Waals surface area contributed by atoms with Crippen molar-refractivity contribution in [2.45, 2.75) is 18.2 Å². The first-order valence-corrected chi connectivity index (χ1v) is 12.3. The quantitative estimate of drug-likeness (QED) is 0.380. The van der Waals surface area contributed by atoms with Gasteiger partial charge in [-0.15, -0.1) is 0 Å². The molecule has 0 N–H and O–H groups in total. The van der Waals surface area contributed by atoms with Gasteiger partial charge in [0.2, 0.25) is 0 Å². The number of methoxy groups -OCH3 is 1. The molecule has 0 atom stereocenters. The Bertz CT molecular complexity index is 1200. The van der Waals surface area contributed by atoms with E-state index < -0.39 is 22.5 Å². The molecular weight excluding hydrogens is 518 g/mol. The molecule has 0 radical (unpaired) electrons. The minimum Gasteiger partial charge on any atom is -0.497 e. The zero-order valence-electron chi connectivity index (χ0n) is 17.4. The first-order chi connectivity index (χ1) is 15.3. The summed E-state index contributed by atoms with van der Waals surface area (Å²) < 4.78 is 38.9. The average molecular weight is 539 g/mol. The van der Waals surface area contributed by atoms with Crippen molar-refractivity contribution in [2.24, 2.45) is 0 Å². The molecule has 3 aromatic carbocycles. The van der Waals surface area contributed by atoms with Crippen LogP contribution in [0.1, 0.15) is 12.5 Å². The number of benzene rings is 3. The van der Waals surface area contributed by atoms with Crippen molar-refractivity contribution < 1.29 is 22.7 Å². The van der Waals surface area contributed by atoms with Crippen LogP contribution in [-0.4, -0.2) is 28.0 Å². The van der Waals surface area contributed by atoms with Crippen molar-refractivity contribution in [1.29, 1.82) is 0 Å². The van der Waals surface area contributed by atoms with Crippen LogP contribution in [0.3, 0.4) is 0 Å². The molecule has 0 saturated carbocycles. The molecular formula is C23H21BrClNO5S. The van der Waals surface area contributed by atoms with Gasteiger partial charge >= 0.3 is 0 Å². The van der Waals surface area contributed by atoms with E-state index in [1.165, 1.54) is 43.5 Å². The summed E-state index contributed by atoms with van der Waals surface area (Å²) in [4.78, 5) is 13.1. The second-order valence-electron chi connectivity index (χ2n) is 6.72. The summed E-state index contributed by atoms with van der Waals surface area (Å²) in [5.74, 6) is 0.215. The lowest BCUT2D eigenvalue weighted by Gasteiger charge is -2.23. The molecule has 0 bridgehead atoms. The summed E-state index contributed by atoms with van der Waals surface area (Å²) in [5, 5.41) is 0.384. The van der Waals surface area contributed by atoms with Gasteiger partial charge in [-0.05, 0) is 88.6 Å². The number of sulfonamides is 1. The Morgan fingerprint density at radius 3 is 2.25 bits per heavy atom. The predicted molar refractivity (Wildman–Crippen MR) is 128 cm³/mol. The first kappa shape index (κ1) is 24.1. The molecule has 0 spiro atoms. The Morgan fingerprint density at radius 2 is 1.69 bits per heavy atom. The topological polar surface area (TPSA) is 72.9 Å². The largest absolute Gasteiger partial charge is 0.497 e. The molecule has 1 amide bonds. The van der Waals surface area contributed by atoms with Crippen LogP contribution < -0.4 is 13.8 Å². The van der Waals surface area contributed by atoms with Crippen LogP contribution in [0, 0.1) is 0 Å². The zero-order valence-corrected chi connectivity index (χ0v) is 20.6. The maximum atomic E-state index is 13.4. The number of aryl methyl sites for hydroxylation is 1. The van der Waals surface area contributed by atoms with Crippen molar-refractivity contribution >= 4 is 49.1 Å². The van der Waals surface area contributed by atoms with Gasteiger partial charge in [0, 0.05) is 5.02 Å². The molecule has 6 nitrogen and oxygen atoms in total. The number of halogens is 2. The highest BCUT2D eigenvalue weighted by Gasteiger charge is 2.31. The van der Waals surface area contributed by atoms with E-state index in [0.29, 0.717) is 21.0 Å². The van der Waals surface area contributed by atoms with E-state index in [2.05, 4.69) is 15.9 Å². The fourth-order valence-corrected chi connectivity index (χ4v) is 5.00. The standard InChI is InChI=1S/C23H21BrClNO5S/c1-3-16-4-13-22(21(24)14-16)31-15-23(27)26(18-7-9-19(30-2)10-8-18)32(28,29)20-11-5-17(25)6-12-20/h4-14H,3,15H2,1-2H3. The summed E-state index contributed by atoms with van der Waals surface area (Å²) in [6.07, 6.45) is 0.850. The van der Waals surface area contributed by atoms with Gasteiger partial charge in [-0.25, -0.2) is 8.42 Å². The summed E-state index contributed by atoms with van der Waals surface area (Å²) in [6, 6.07) is 17.3. The first-order valence-electron chi connectivity index (χ1n) is 9.65. The molecule has 0 aliphatic heterocycles. The van der Waals surface area contributed by atoms with Crippen molar-refractivity contribution in [3.63, 3.8) is 0 Å². The van der Waals surface area contributed by atoms with E-state index in [1.807, 2.05) is 19.1 Å². The molecule has 0 unspecified atom stereocenters. The van der Waals surface area contributed by atoms with Crippen LogP contribution in [0.4, 0.5) is 5.69 Å². The number of rotatable bonds is 8. The molecule has 9 heteroatoms. The molecule has 0 fully saturated rings. The van der Waals surface area contributed by atoms with Crippen LogP contribution >= 0.6 is 27.5 Å². The highest BCUT2D eigenvalue weighted by Crippen LogP contribution is 2.29. The maximum absolute atomic E-state index is 13.4. The molecule has 0 saturated heterocycles. The van der Waals surface area contributed by atoms with E-state index in [1.54, 1.807) is 18.2 Å². The van der Waals surface area contributed by atoms with Crippen molar-refractivity contribution in [3.05, 3.63) is 81.8 Å². The number of carbonyl (C=O) groups is 1. The third-order valence-corrected chi connectivity index (χ3v) is 7.28. The molecule has 3 aromatic rings. The van der Waals surface area contributed by atoms with Gasteiger partial charge in [0.15, 0.2) is 6.61 Å². The lowest BCUT2D eigenvalue weighted by Crippen LogP contribution is -2.40. The van der Waals surface area contributed by atoms with Gasteiger partial charge in [-0.1, -0.05) is 24.6 Å². The number of ether oxygens (including phenoxy) is 2. The van der Waals surface area contributed by atoms with E-state index in [9.17, 15) is 13.2 Å². The predicted octanol–water partition coefficient (Wildman–Crippen LogP) is 5.47. The van der Waals surface area contributed by atoms with Gasteiger partial charge in [-0.2, -0.15) is 4.31 Å². The Kier molecular flexibility index (Phi) is 7.82. The number of amides is 1. The molecule has 3 rings (SSSR count). The second-order valence-corrected chi connectivity index (χ2v) is 9.80. The van der Waals surface area contributed by atoms with Gasteiger partial charge in [0.1, 0.15) is 11.5 Å². The Hall–Kier alpha value is -2.55. The normalized spacial score (nSPS) is 11.1. The number of hydrogen-bond donors (Lipinski definition) is 0. The summed E-state index contributed by atoms with van der Waals surface area (Å²) in [7, 11) is -2.72. The maximum Gasteiger partial charge on any atom is 0.278 e. The van der Waals surface area contributed by atoms with Gasteiger partial charge < -0.3 is 9.47 Å². The molecule has 0 heterocycles. The summed E-state index contributed by atoms with van der Waals surface area (Å²) >= 11 is 9.32. The lowest BCUT2D eigenvalue weighted by atomic mass is 10.2. The Morgan fingerprint density at radius 1 is 1.03 bits per heavy atom. The number of nitrogens with zero attached hydrogens (tertiary/aromatic N) is 1. The van der Waals surface area contributed by atoms with Crippen LogP contribution in [0.5, 0.6) is 11.5 Å². The fraction of sp³-hybridized carbons (Fsp3) is 0.174. The minimum atomic E-state index is -4.22. The summed E-state index contributed by atoms with van der Waals surface area (Å²) in [5.41, 5.74) is 1.26. The zero-order chi connectivity index (χ0) is 23.3. The van der Waals surface area contributed by atoms with E-state index in [0.717, 1.165) is 16.3 Å². The van der Waals surface area contributed by atoms with Crippen LogP contribution in [0.2, 0.25) is 5.02 Å². The molecule has 168 valence electrons. The van der Waals surface area contributed by atoms with Gasteiger partial charge in [0.05, 0.1) is 22.2 Å². The summed E-state index contributed by atoms with van der Waals surface area (Å²) in [6.45, 7) is 1.54. The lowest BCUT2D eigenvalue weighted by molar-refractivity contribution is -0.119. The second kappa shape index (κ2) is 10.4. The van der Waals surface area contributed by atoms with Gasteiger partial charge in [0.25, 0.3) is 15.9 Å². The third kappa shape index (κ3) is 5.43. The molecule has 32 heavy (non-hydrogen) atoms. The van der Waals surface area contributed by atoms with Crippen molar-refractivity contribution in [2.75, 3.05) is 18.0 Å². The van der Waals surface area contributed by atoms with Crippen molar-refractivity contribution in [1.82, 2.24) is 0 Å². The highest BCUT2D eigenvalue weighted by molar-refractivity contribution is 9.10. The molecule has 0 aliphatic rings. The van der Waals surface area contributed by atoms with Crippen LogP contribution in [-0.2, 0) is 21.2 Å². The van der Waals surface area contributed by atoms with E-state index in [-0.39, 0.29) is 10.6 Å². The number of hydrogen-bond acceptors (Lipinski definition) is 5. The van der Waals surface area contributed by atoms with E-state index in [4.69, 9.17) is 21.1 Å². The van der Waals surface area contributed by atoms with Gasteiger partial charge in [-0.3, -0.25) is 4.79 Å². The Labute approximate surface area is 200 Å². The average Bonchev–Trinajstić information content (AvgIpc) is 2.79. The third-order valence-electron chi connectivity index (χ3n) is 4.64. The fourth-order valence-electron chi connectivity index (χ4n) is 2.93. The van der Waals surface area contributed by atoms with Crippen LogP contribution in [0.15, 0.2) is 76.1 Å². The monoisotopic (exact) mass is 537 g/mol. The highest BCUT2D eigenvalue weighted by atomic mass is 79.9. The Balaban J connectivity index is 1.94. The van der Waals surface area contributed by atoms with Crippen LogP contribution in [0.25, 0.3) is 0 Å². The number of carbonyl (C=O) groups excluding carboxylic acids is 1. The molecule has 0 aliphatic carbocycles.